The highest BCUT2D eigenvalue weighted by atomic mass is 16.5. The summed E-state index contributed by atoms with van der Waals surface area (Å²) in [6, 6.07) is 5.01. The number of pyridine rings is 1. The van der Waals surface area contributed by atoms with Crippen molar-refractivity contribution in [3.8, 4) is 5.75 Å². The van der Waals surface area contributed by atoms with Gasteiger partial charge in [-0.3, -0.25) is 9.78 Å². The van der Waals surface area contributed by atoms with Crippen molar-refractivity contribution in [2.24, 2.45) is 0 Å². The average molecular weight is 247 g/mol. The van der Waals surface area contributed by atoms with Crippen LogP contribution in [0.5, 0.6) is 5.75 Å². The summed E-state index contributed by atoms with van der Waals surface area (Å²) in [5.41, 5.74) is 0.741. The number of aliphatic hydroxyl groups is 1. The molecule has 5 heteroatoms. The van der Waals surface area contributed by atoms with Gasteiger partial charge in [0, 0.05) is 24.9 Å². The molecule has 94 valence electrons. The second-order valence-corrected chi connectivity index (χ2v) is 3.69. The minimum atomic E-state index is -0.300. The Morgan fingerprint density at radius 2 is 2.33 bits per heavy atom. The smallest absolute Gasteiger partial charge is 0.227 e. The summed E-state index contributed by atoms with van der Waals surface area (Å²) in [5.74, 6) is 0.371. The maximum Gasteiger partial charge on any atom is 0.227 e. The van der Waals surface area contributed by atoms with Gasteiger partial charge >= 0.3 is 0 Å². The zero-order valence-electron chi connectivity index (χ0n) is 9.70. The quantitative estimate of drug-likeness (QED) is 0.858. The molecule has 0 radical (unpaired) electrons. The number of nitrogens with zero attached hydrogens (tertiary/aromatic N) is 1. The molecule has 0 atom stereocenters. The van der Waals surface area contributed by atoms with Gasteiger partial charge < -0.3 is 14.3 Å². The third kappa shape index (κ3) is 3.18. The van der Waals surface area contributed by atoms with Crippen LogP contribution in [0, 0.1) is 0 Å². The first-order valence-corrected chi connectivity index (χ1v) is 5.54. The Hall–Kier alpha value is -2.14. The van der Waals surface area contributed by atoms with Crippen molar-refractivity contribution in [3.05, 3.63) is 58.4 Å². The van der Waals surface area contributed by atoms with Crippen molar-refractivity contribution in [1.82, 2.24) is 4.98 Å². The Bertz CT molecular complexity index is 550. The average Bonchev–Trinajstić information content (AvgIpc) is 2.42. The fourth-order valence-corrected chi connectivity index (χ4v) is 1.45. The Morgan fingerprint density at radius 1 is 1.44 bits per heavy atom. The van der Waals surface area contributed by atoms with E-state index in [-0.39, 0.29) is 23.5 Å². The number of ether oxygens (including phenoxy) is 1. The van der Waals surface area contributed by atoms with Crippen LogP contribution in [-0.2, 0) is 13.0 Å². The van der Waals surface area contributed by atoms with Crippen LogP contribution in [0.4, 0.5) is 0 Å². The third-order valence-corrected chi connectivity index (χ3v) is 2.38. The maximum atomic E-state index is 11.5. The van der Waals surface area contributed by atoms with Crippen molar-refractivity contribution in [2.45, 2.75) is 13.0 Å². The topological polar surface area (TPSA) is 72.6 Å². The van der Waals surface area contributed by atoms with Gasteiger partial charge in [0.05, 0.1) is 6.61 Å². The predicted octanol–water partition coefficient (Wildman–Crippen LogP) is 1.15. The number of hydrogen-bond donors (Lipinski definition) is 1. The first kappa shape index (κ1) is 12.3. The molecule has 0 amide bonds. The van der Waals surface area contributed by atoms with Crippen LogP contribution in [-0.4, -0.2) is 16.7 Å². The van der Waals surface area contributed by atoms with Crippen LogP contribution in [0.2, 0.25) is 0 Å². The second-order valence-electron chi connectivity index (χ2n) is 3.69. The van der Waals surface area contributed by atoms with Crippen LogP contribution in [0.3, 0.4) is 0 Å². The highest BCUT2D eigenvalue weighted by molar-refractivity contribution is 5.17. The van der Waals surface area contributed by atoms with E-state index in [0.29, 0.717) is 13.0 Å². The molecule has 0 bridgehead atoms. The SMILES string of the molecule is O=c1cc(CO)occ1OCCc1cccnc1. The van der Waals surface area contributed by atoms with E-state index in [9.17, 15) is 4.79 Å². The number of rotatable bonds is 5. The van der Waals surface area contributed by atoms with Gasteiger partial charge in [-0.15, -0.1) is 0 Å². The van der Waals surface area contributed by atoms with Gasteiger partial charge in [-0.25, -0.2) is 0 Å². The van der Waals surface area contributed by atoms with E-state index in [1.165, 1.54) is 12.3 Å². The van der Waals surface area contributed by atoms with Crippen LogP contribution in [0.15, 0.2) is 46.1 Å². The number of hydrogen-bond acceptors (Lipinski definition) is 5. The third-order valence-electron chi connectivity index (χ3n) is 2.38. The summed E-state index contributed by atoms with van der Waals surface area (Å²) in [4.78, 5) is 15.5. The van der Waals surface area contributed by atoms with E-state index in [4.69, 9.17) is 14.3 Å². The van der Waals surface area contributed by atoms with Crippen LogP contribution in [0.25, 0.3) is 0 Å². The van der Waals surface area contributed by atoms with E-state index >= 15 is 0 Å². The van der Waals surface area contributed by atoms with E-state index in [0.717, 1.165) is 5.56 Å². The normalized spacial score (nSPS) is 10.3. The number of aliphatic hydroxyl groups excluding tert-OH is 1. The fourth-order valence-electron chi connectivity index (χ4n) is 1.45. The van der Waals surface area contributed by atoms with Gasteiger partial charge in [0.15, 0.2) is 0 Å². The van der Waals surface area contributed by atoms with E-state index in [1.54, 1.807) is 12.4 Å². The lowest BCUT2D eigenvalue weighted by Crippen LogP contribution is -2.10. The molecular weight excluding hydrogens is 234 g/mol. The van der Waals surface area contributed by atoms with Crippen molar-refractivity contribution in [2.75, 3.05) is 6.61 Å². The Balaban J connectivity index is 1.93. The Labute approximate surface area is 104 Å². The van der Waals surface area contributed by atoms with E-state index in [1.807, 2.05) is 12.1 Å². The standard InChI is InChI=1S/C13H13NO4/c15-8-11-6-12(16)13(9-18-11)17-5-3-10-2-1-4-14-7-10/h1-2,4,6-7,9,15H,3,5,8H2. The van der Waals surface area contributed by atoms with Crippen molar-refractivity contribution in [1.29, 1.82) is 0 Å². The molecule has 0 aromatic carbocycles. The molecule has 0 aliphatic rings. The van der Waals surface area contributed by atoms with Crippen LogP contribution in [0.1, 0.15) is 11.3 Å². The van der Waals surface area contributed by atoms with Crippen molar-refractivity contribution >= 4 is 0 Å². The number of aromatic nitrogens is 1. The van der Waals surface area contributed by atoms with Gasteiger partial charge in [-0.05, 0) is 11.6 Å². The molecule has 0 unspecified atom stereocenters. The zero-order valence-corrected chi connectivity index (χ0v) is 9.70. The van der Waals surface area contributed by atoms with Gasteiger partial charge in [-0.1, -0.05) is 6.07 Å². The summed E-state index contributed by atoms with van der Waals surface area (Å²) < 4.78 is 10.3. The van der Waals surface area contributed by atoms with Gasteiger partial charge in [-0.2, -0.15) is 0 Å². The minimum absolute atomic E-state index is 0.149. The minimum Gasteiger partial charge on any atom is -0.486 e. The fraction of sp³-hybridized carbons (Fsp3) is 0.231. The van der Waals surface area contributed by atoms with Crippen LogP contribution >= 0.6 is 0 Å². The molecule has 2 heterocycles. The summed E-state index contributed by atoms with van der Waals surface area (Å²) in [5, 5.41) is 8.80. The van der Waals surface area contributed by atoms with Gasteiger partial charge in [0.1, 0.15) is 18.6 Å². The lowest BCUT2D eigenvalue weighted by atomic mass is 10.2. The molecule has 0 saturated carbocycles. The lowest BCUT2D eigenvalue weighted by Gasteiger charge is -2.05. The summed E-state index contributed by atoms with van der Waals surface area (Å²) >= 11 is 0. The van der Waals surface area contributed by atoms with Crippen molar-refractivity contribution < 1.29 is 14.3 Å². The summed E-state index contributed by atoms with van der Waals surface area (Å²) in [6.45, 7) is 0.0696. The monoisotopic (exact) mass is 247 g/mol. The molecule has 0 aliphatic heterocycles. The second kappa shape index (κ2) is 5.97. The van der Waals surface area contributed by atoms with Crippen molar-refractivity contribution in [3.63, 3.8) is 0 Å². The molecule has 0 spiro atoms. The molecule has 1 N–H and O–H groups in total. The molecular formula is C13H13NO4. The molecule has 2 rings (SSSR count). The predicted molar refractivity (Wildman–Crippen MR) is 64.3 cm³/mol. The first-order chi connectivity index (χ1) is 8.79. The largest absolute Gasteiger partial charge is 0.486 e. The van der Waals surface area contributed by atoms with Gasteiger partial charge in [0.2, 0.25) is 11.2 Å². The zero-order chi connectivity index (χ0) is 12.8. The highest BCUT2D eigenvalue weighted by Gasteiger charge is 2.04. The molecule has 0 saturated heterocycles. The Morgan fingerprint density at radius 3 is 3.00 bits per heavy atom. The Kier molecular flexibility index (Phi) is 4.09. The molecule has 5 nitrogen and oxygen atoms in total. The lowest BCUT2D eigenvalue weighted by molar-refractivity contribution is 0.237. The summed E-state index contributed by atoms with van der Waals surface area (Å²) in [6.07, 6.45) is 5.33. The van der Waals surface area contributed by atoms with E-state index < -0.39 is 0 Å². The maximum absolute atomic E-state index is 11.5. The highest BCUT2D eigenvalue weighted by Crippen LogP contribution is 2.06. The summed E-state index contributed by atoms with van der Waals surface area (Å²) in [7, 11) is 0. The van der Waals surface area contributed by atoms with Gasteiger partial charge in [0.25, 0.3) is 0 Å². The molecule has 18 heavy (non-hydrogen) atoms. The first-order valence-electron chi connectivity index (χ1n) is 5.54. The molecule has 2 aromatic heterocycles. The molecule has 2 aromatic rings. The molecule has 0 fully saturated rings. The van der Waals surface area contributed by atoms with E-state index in [2.05, 4.69) is 4.98 Å². The van der Waals surface area contributed by atoms with Crippen LogP contribution < -0.4 is 10.2 Å². The molecule has 0 aliphatic carbocycles.